The molecule has 1 atom stereocenters. The molecule has 0 radical (unpaired) electrons. The van der Waals surface area contributed by atoms with Gasteiger partial charge in [-0.25, -0.2) is 0 Å². The molecule has 0 aromatic heterocycles. The lowest BCUT2D eigenvalue weighted by molar-refractivity contribution is 0.233. The monoisotopic (exact) mass is 238 g/mol. The Bertz CT molecular complexity index is 358. The van der Waals surface area contributed by atoms with Crippen LogP contribution in [0.1, 0.15) is 5.56 Å². The minimum atomic E-state index is -0.868. The van der Waals surface area contributed by atoms with E-state index in [9.17, 15) is 4.21 Å². The number of hydrogen-bond donors (Lipinski definition) is 1. The third-order valence-electron chi connectivity index (χ3n) is 2.87. The first-order valence-corrected chi connectivity index (χ1v) is 7.17. The van der Waals surface area contributed by atoms with Crippen LogP contribution in [0.4, 0.5) is 0 Å². The summed E-state index contributed by atoms with van der Waals surface area (Å²) in [6.45, 7) is 5.38. The van der Waals surface area contributed by atoms with Crippen molar-refractivity contribution in [2.45, 2.75) is 11.4 Å². The Morgan fingerprint density at radius 2 is 1.88 bits per heavy atom. The highest BCUT2D eigenvalue weighted by Gasteiger charge is 2.09. The summed E-state index contributed by atoms with van der Waals surface area (Å²) >= 11 is 0. The minimum absolute atomic E-state index is 0.868. The van der Waals surface area contributed by atoms with Gasteiger partial charge in [-0.2, -0.15) is 0 Å². The van der Waals surface area contributed by atoms with E-state index in [1.54, 1.807) is 6.26 Å². The molecule has 1 aliphatic rings. The van der Waals surface area contributed by atoms with E-state index in [2.05, 4.69) is 22.3 Å². The van der Waals surface area contributed by atoms with E-state index in [-0.39, 0.29) is 0 Å². The van der Waals surface area contributed by atoms with Gasteiger partial charge in [-0.1, -0.05) is 12.1 Å². The van der Waals surface area contributed by atoms with Crippen molar-refractivity contribution in [2.75, 3.05) is 32.4 Å². The highest BCUT2D eigenvalue weighted by atomic mass is 32.2. The van der Waals surface area contributed by atoms with Crippen LogP contribution in [0.15, 0.2) is 29.2 Å². The largest absolute Gasteiger partial charge is 0.314 e. The Kier molecular flexibility index (Phi) is 4.09. The Hall–Kier alpha value is -0.710. The highest BCUT2D eigenvalue weighted by Crippen LogP contribution is 2.10. The Balaban J connectivity index is 1.96. The summed E-state index contributed by atoms with van der Waals surface area (Å²) in [6.07, 6.45) is 1.71. The van der Waals surface area contributed by atoms with Gasteiger partial charge in [0.1, 0.15) is 0 Å². The molecule has 0 amide bonds. The van der Waals surface area contributed by atoms with Gasteiger partial charge in [-0.15, -0.1) is 0 Å². The molecule has 0 bridgehead atoms. The van der Waals surface area contributed by atoms with Gasteiger partial charge < -0.3 is 5.32 Å². The molecule has 16 heavy (non-hydrogen) atoms. The fourth-order valence-electron chi connectivity index (χ4n) is 1.91. The molecule has 1 fully saturated rings. The molecule has 3 nitrogen and oxygen atoms in total. The van der Waals surface area contributed by atoms with Crippen molar-refractivity contribution in [3.63, 3.8) is 0 Å². The lowest BCUT2D eigenvalue weighted by Crippen LogP contribution is -2.42. The summed E-state index contributed by atoms with van der Waals surface area (Å²) in [5.74, 6) is 0. The Labute approximate surface area is 99.3 Å². The van der Waals surface area contributed by atoms with E-state index in [1.165, 1.54) is 5.56 Å². The lowest BCUT2D eigenvalue weighted by Gasteiger charge is -2.27. The van der Waals surface area contributed by atoms with Gasteiger partial charge in [0.15, 0.2) is 0 Å². The number of hydrogen-bond acceptors (Lipinski definition) is 3. The first-order chi connectivity index (χ1) is 7.75. The summed E-state index contributed by atoms with van der Waals surface area (Å²) in [5, 5.41) is 3.34. The third-order valence-corrected chi connectivity index (χ3v) is 3.81. The van der Waals surface area contributed by atoms with Gasteiger partial charge >= 0.3 is 0 Å². The quantitative estimate of drug-likeness (QED) is 0.846. The predicted molar refractivity (Wildman–Crippen MR) is 66.9 cm³/mol. The van der Waals surface area contributed by atoms with E-state index in [0.29, 0.717) is 0 Å². The average molecular weight is 238 g/mol. The van der Waals surface area contributed by atoms with Crippen LogP contribution >= 0.6 is 0 Å². The van der Waals surface area contributed by atoms with Gasteiger partial charge in [0.2, 0.25) is 0 Å². The van der Waals surface area contributed by atoms with Crippen LogP contribution in [-0.4, -0.2) is 41.5 Å². The summed E-state index contributed by atoms with van der Waals surface area (Å²) < 4.78 is 11.2. The maximum Gasteiger partial charge on any atom is 0.0498 e. The van der Waals surface area contributed by atoms with Gasteiger partial charge in [-0.3, -0.25) is 9.11 Å². The predicted octanol–water partition coefficient (Wildman–Crippen LogP) is 0.829. The molecule has 2 rings (SSSR count). The normalized spacial score (nSPS) is 19.6. The first kappa shape index (κ1) is 11.8. The zero-order valence-corrected chi connectivity index (χ0v) is 10.4. The van der Waals surface area contributed by atoms with Crippen LogP contribution in [0.25, 0.3) is 0 Å². The molecule has 1 aromatic rings. The number of nitrogens with zero attached hydrogens (tertiary/aromatic N) is 1. The summed E-state index contributed by atoms with van der Waals surface area (Å²) in [5.41, 5.74) is 1.30. The van der Waals surface area contributed by atoms with E-state index in [4.69, 9.17) is 0 Å². The van der Waals surface area contributed by atoms with Crippen molar-refractivity contribution >= 4 is 10.8 Å². The molecule has 4 heteroatoms. The lowest BCUT2D eigenvalue weighted by atomic mass is 10.2. The van der Waals surface area contributed by atoms with E-state index < -0.39 is 10.8 Å². The van der Waals surface area contributed by atoms with Crippen molar-refractivity contribution in [1.29, 1.82) is 0 Å². The number of piperazine rings is 1. The third kappa shape index (κ3) is 3.14. The second kappa shape index (κ2) is 5.57. The molecule has 0 saturated carbocycles. The van der Waals surface area contributed by atoms with Crippen LogP contribution in [0.3, 0.4) is 0 Å². The topological polar surface area (TPSA) is 32.3 Å². The fraction of sp³-hybridized carbons (Fsp3) is 0.500. The van der Waals surface area contributed by atoms with Crippen molar-refractivity contribution < 1.29 is 4.21 Å². The number of rotatable bonds is 3. The molecule has 1 aromatic carbocycles. The number of nitrogens with one attached hydrogen (secondary N) is 1. The maximum absolute atomic E-state index is 11.2. The second-order valence-electron chi connectivity index (χ2n) is 4.12. The second-order valence-corrected chi connectivity index (χ2v) is 5.50. The average Bonchev–Trinajstić information content (AvgIpc) is 2.31. The van der Waals surface area contributed by atoms with Crippen LogP contribution < -0.4 is 5.32 Å². The zero-order chi connectivity index (χ0) is 11.4. The Morgan fingerprint density at radius 3 is 2.44 bits per heavy atom. The smallest absolute Gasteiger partial charge is 0.0498 e. The highest BCUT2D eigenvalue weighted by molar-refractivity contribution is 7.84. The summed E-state index contributed by atoms with van der Waals surface area (Å²) in [6, 6.07) is 8.10. The van der Waals surface area contributed by atoms with E-state index in [0.717, 1.165) is 37.6 Å². The molecular formula is C12H18N2OS. The van der Waals surface area contributed by atoms with Crippen molar-refractivity contribution in [3.05, 3.63) is 29.8 Å². The van der Waals surface area contributed by atoms with Crippen molar-refractivity contribution in [3.8, 4) is 0 Å². The molecule has 1 N–H and O–H groups in total. The standard InChI is InChI=1S/C12H18N2OS/c1-16(15)12-4-2-11(3-5-12)10-14-8-6-13-7-9-14/h2-5,13H,6-10H2,1H3. The van der Waals surface area contributed by atoms with Crippen LogP contribution in [-0.2, 0) is 17.3 Å². The van der Waals surface area contributed by atoms with E-state index >= 15 is 0 Å². The molecular weight excluding hydrogens is 220 g/mol. The first-order valence-electron chi connectivity index (χ1n) is 5.61. The molecule has 88 valence electrons. The van der Waals surface area contributed by atoms with Gasteiger partial charge in [0, 0.05) is 54.7 Å². The van der Waals surface area contributed by atoms with E-state index in [1.807, 2.05) is 12.1 Å². The van der Waals surface area contributed by atoms with Gasteiger partial charge in [0.05, 0.1) is 0 Å². The molecule has 1 heterocycles. The maximum atomic E-state index is 11.2. The summed E-state index contributed by atoms with van der Waals surface area (Å²) in [7, 11) is -0.868. The zero-order valence-electron chi connectivity index (χ0n) is 9.61. The molecule has 1 aliphatic heterocycles. The van der Waals surface area contributed by atoms with Crippen molar-refractivity contribution in [2.24, 2.45) is 0 Å². The van der Waals surface area contributed by atoms with Crippen LogP contribution in [0.2, 0.25) is 0 Å². The van der Waals surface area contributed by atoms with Gasteiger partial charge in [-0.05, 0) is 17.7 Å². The number of benzene rings is 1. The molecule has 1 saturated heterocycles. The molecule has 0 spiro atoms. The minimum Gasteiger partial charge on any atom is -0.314 e. The van der Waals surface area contributed by atoms with Crippen molar-refractivity contribution in [1.82, 2.24) is 10.2 Å². The Morgan fingerprint density at radius 1 is 1.25 bits per heavy atom. The van der Waals surface area contributed by atoms with Crippen LogP contribution in [0.5, 0.6) is 0 Å². The fourth-order valence-corrected chi connectivity index (χ4v) is 2.43. The van der Waals surface area contributed by atoms with Gasteiger partial charge in [0.25, 0.3) is 0 Å². The summed E-state index contributed by atoms with van der Waals surface area (Å²) in [4.78, 5) is 3.35. The molecule has 1 unspecified atom stereocenters. The van der Waals surface area contributed by atoms with Crippen LogP contribution in [0, 0.1) is 0 Å². The SMILES string of the molecule is CS(=O)c1ccc(CN2CCNCC2)cc1. The molecule has 0 aliphatic carbocycles.